The number of hydrogen-bond acceptors (Lipinski definition) is 4. The summed E-state index contributed by atoms with van der Waals surface area (Å²) in [4.78, 5) is 29.4. The highest BCUT2D eigenvalue weighted by atomic mass is 16.5. The summed E-state index contributed by atoms with van der Waals surface area (Å²) in [7, 11) is 1.79. The van der Waals surface area contributed by atoms with Gasteiger partial charge in [-0.2, -0.15) is 5.10 Å². The topological polar surface area (TPSA) is 67.7 Å². The molecule has 7 heteroatoms. The molecule has 0 spiro atoms. The fourth-order valence-electron chi connectivity index (χ4n) is 4.13. The first-order valence-corrected chi connectivity index (χ1v) is 9.72. The minimum Gasteiger partial charge on any atom is -0.369 e. The van der Waals surface area contributed by atoms with Crippen LogP contribution in [0.15, 0.2) is 24.3 Å². The quantitative estimate of drug-likeness (QED) is 0.799. The van der Waals surface area contributed by atoms with Gasteiger partial charge < -0.3 is 14.5 Å². The maximum atomic E-state index is 13.3. The molecule has 1 fully saturated rings. The van der Waals surface area contributed by atoms with Crippen LogP contribution >= 0.6 is 0 Å². The van der Waals surface area contributed by atoms with Gasteiger partial charge in [-0.05, 0) is 32.9 Å². The molecule has 7 nitrogen and oxygen atoms in total. The average molecular weight is 382 g/mol. The van der Waals surface area contributed by atoms with E-state index in [1.807, 2.05) is 45.0 Å². The van der Waals surface area contributed by atoms with Crippen LogP contribution in [0.4, 0.5) is 5.69 Å². The molecule has 0 N–H and O–H groups in total. The molecule has 1 saturated heterocycles. The summed E-state index contributed by atoms with van der Waals surface area (Å²) < 4.78 is 7.47. The van der Waals surface area contributed by atoms with E-state index in [0.29, 0.717) is 25.2 Å². The molecule has 2 aliphatic rings. The minimum atomic E-state index is -0.133. The van der Waals surface area contributed by atoms with Gasteiger partial charge in [0.15, 0.2) is 0 Å². The molecule has 0 unspecified atom stereocenters. The lowest BCUT2D eigenvalue weighted by atomic mass is 9.99. The maximum Gasteiger partial charge on any atom is 0.272 e. The zero-order chi connectivity index (χ0) is 20.0. The van der Waals surface area contributed by atoms with Crippen LogP contribution in [0.5, 0.6) is 0 Å². The van der Waals surface area contributed by atoms with Crippen molar-refractivity contribution in [2.75, 3.05) is 24.5 Å². The van der Waals surface area contributed by atoms with E-state index in [2.05, 4.69) is 5.10 Å². The van der Waals surface area contributed by atoms with Crippen LogP contribution in [0.3, 0.4) is 0 Å². The number of aromatic nitrogens is 2. The number of ether oxygens (including phenoxy) is 1. The summed E-state index contributed by atoms with van der Waals surface area (Å²) in [5, 5.41) is 4.52. The molecule has 0 saturated carbocycles. The van der Waals surface area contributed by atoms with Gasteiger partial charge in [-0.3, -0.25) is 14.3 Å². The van der Waals surface area contributed by atoms with Crippen molar-refractivity contribution in [1.29, 1.82) is 0 Å². The molecule has 1 aromatic heterocycles. The highest BCUT2D eigenvalue weighted by molar-refractivity contribution is 6.01. The van der Waals surface area contributed by atoms with E-state index in [1.165, 1.54) is 0 Å². The number of aryl methyl sites for hydroxylation is 2. The van der Waals surface area contributed by atoms with E-state index >= 15 is 0 Å². The van der Waals surface area contributed by atoms with Crippen LogP contribution in [-0.2, 0) is 23.0 Å². The molecule has 2 amide bonds. The molecule has 0 radical (unpaired) electrons. The molecular formula is C21H26N4O3. The van der Waals surface area contributed by atoms with Gasteiger partial charge in [0.1, 0.15) is 12.2 Å². The van der Waals surface area contributed by atoms with Crippen LogP contribution in [0.1, 0.15) is 47.3 Å². The second-order valence-electron chi connectivity index (χ2n) is 7.74. The molecule has 2 aliphatic heterocycles. The predicted octanol–water partition coefficient (Wildman–Crippen LogP) is 2.24. The molecule has 2 atom stereocenters. The summed E-state index contributed by atoms with van der Waals surface area (Å²) >= 11 is 0. The van der Waals surface area contributed by atoms with E-state index < -0.39 is 0 Å². The first kappa shape index (κ1) is 18.7. The Bertz CT molecular complexity index is 918. The number of rotatable bonds is 2. The average Bonchev–Trinajstić information content (AvgIpc) is 2.98. The van der Waals surface area contributed by atoms with Crippen LogP contribution in [0, 0.1) is 6.92 Å². The number of benzene rings is 1. The molecule has 1 aromatic carbocycles. The molecule has 28 heavy (non-hydrogen) atoms. The monoisotopic (exact) mass is 382 g/mol. The Balaban J connectivity index is 1.55. The lowest BCUT2D eigenvalue weighted by molar-refractivity contribution is -0.120. The van der Waals surface area contributed by atoms with Crippen molar-refractivity contribution in [1.82, 2.24) is 14.7 Å². The Labute approximate surface area is 164 Å². The molecule has 148 valence electrons. The van der Waals surface area contributed by atoms with Gasteiger partial charge in [0.05, 0.1) is 17.9 Å². The lowest BCUT2D eigenvalue weighted by Gasteiger charge is -2.34. The third-order valence-electron chi connectivity index (χ3n) is 5.55. The van der Waals surface area contributed by atoms with Crippen molar-refractivity contribution in [3.63, 3.8) is 0 Å². The number of nitrogens with zero attached hydrogens (tertiary/aromatic N) is 4. The number of carbonyl (C=O) groups is 2. The van der Waals surface area contributed by atoms with Crippen molar-refractivity contribution < 1.29 is 14.3 Å². The highest BCUT2D eigenvalue weighted by Crippen LogP contribution is 2.32. The Hall–Kier alpha value is -2.67. The summed E-state index contributed by atoms with van der Waals surface area (Å²) in [5.74, 6) is -0.195. The van der Waals surface area contributed by atoms with Gasteiger partial charge in [0.25, 0.3) is 5.91 Å². The van der Waals surface area contributed by atoms with E-state index in [1.54, 1.807) is 21.5 Å². The van der Waals surface area contributed by atoms with Gasteiger partial charge >= 0.3 is 0 Å². The second-order valence-corrected chi connectivity index (χ2v) is 7.74. The summed E-state index contributed by atoms with van der Waals surface area (Å²) in [5.41, 5.74) is 4.38. The number of piperazine rings is 1. The summed E-state index contributed by atoms with van der Waals surface area (Å²) in [6.45, 7) is 7.05. The standard InChI is InChI=1S/C21H26N4O3/c1-13-5-7-16(8-6-13)25-10-9-24(12-18(25)26)21(27)20-17-11-14(2)28-15(3)19(17)22-23(20)4/h5-8,14-15H,9-12H2,1-4H3/t14-,15+/m1/s1. The molecule has 4 rings (SSSR count). The lowest BCUT2D eigenvalue weighted by Crippen LogP contribution is -2.52. The second kappa shape index (κ2) is 7.05. The largest absolute Gasteiger partial charge is 0.369 e. The fraction of sp³-hybridized carbons (Fsp3) is 0.476. The molecule has 2 aromatic rings. The van der Waals surface area contributed by atoms with E-state index in [0.717, 1.165) is 22.5 Å². The predicted molar refractivity (Wildman–Crippen MR) is 105 cm³/mol. The van der Waals surface area contributed by atoms with Crippen molar-refractivity contribution >= 4 is 17.5 Å². The van der Waals surface area contributed by atoms with Gasteiger partial charge in [-0.15, -0.1) is 0 Å². The normalized spacial score (nSPS) is 22.4. The smallest absolute Gasteiger partial charge is 0.272 e. The number of hydrogen-bond donors (Lipinski definition) is 0. The number of anilines is 1. The Morgan fingerprint density at radius 2 is 1.89 bits per heavy atom. The number of fused-ring (bicyclic) bond motifs is 1. The Kier molecular flexibility index (Phi) is 4.71. The molecule has 0 bridgehead atoms. The minimum absolute atomic E-state index is 0.0401. The van der Waals surface area contributed by atoms with Crippen molar-refractivity contribution in [2.24, 2.45) is 7.05 Å². The highest BCUT2D eigenvalue weighted by Gasteiger charge is 2.35. The van der Waals surface area contributed by atoms with Crippen LogP contribution in [0.2, 0.25) is 0 Å². The molecule has 3 heterocycles. The third-order valence-corrected chi connectivity index (χ3v) is 5.55. The zero-order valence-electron chi connectivity index (χ0n) is 16.8. The number of carbonyl (C=O) groups excluding carboxylic acids is 2. The fourth-order valence-corrected chi connectivity index (χ4v) is 4.13. The Morgan fingerprint density at radius 3 is 2.57 bits per heavy atom. The van der Waals surface area contributed by atoms with Crippen molar-refractivity contribution in [3.8, 4) is 0 Å². The van der Waals surface area contributed by atoms with Gasteiger partial charge in [-0.25, -0.2) is 0 Å². The van der Waals surface area contributed by atoms with Gasteiger partial charge in [0, 0.05) is 37.8 Å². The van der Waals surface area contributed by atoms with Crippen LogP contribution in [-0.4, -0.2) is 52.2 Å². The van der Waals surface area contributed by atoms with Gasteiger partial charge in [-0.1, -0.05) is 17.7 Å². The van der Waals surface area contributed by atoms with Crippen LogP contribution < -0.4 is 4.90 Å². The summed E-state index contributed by atoms with van der Waals surface area (Å²) in [6, 6.07) is 7.88. The van der Waals surface area contributed by atoms with E-state index in [4.69, 9.17) is 4.74 Å². The first-order chi connectivity index (χ1) is 13.3. The van der Waals surface area contributed by atoms with E-state index in [9.17, 15) is 9.59 Å². The first-order valence-electron chi connectivity index (χ1n) is 9.72. The summed E-state index contributed by atoms with van der Waals surface area (Å²) in [6.07, 6.45) is 0.566. The maximum absolute atomic E-state index is 13.3. The third kappa shape index (κ3) is 3.20. The Morgan fingerprint density at radius 1 is 1.18 bits per heavy atom. The zero-order valence-corrected chi connectivity index (χ0v) is 16.8. The van der Waals surface area contributed by atoms with Crippen LogP contribution in [0.25, 0.3) is 0 Å². The number of amides is 2. The van der Waals surface area contributed by atoms with Crippen molar-refractivity contribution in [2.45, 2.75) is 39.4 Å². The molecular weight excluding hydrogens is 356 g/mol. The van der Waals surface area contributed by atoms with Crippen molar-refractivity contribution in [3.05, 3.63) is 46.8 Å². The molecule has 0 aliphatic carbocycles. The SMILES string of the molecule is Cc1ccc(N2CCN(C(=O)c3c4c(nn3C)[C@H](C)O[C@H](C)C4)CC2=O)cc1. The van der Waals surface area contributed by atoms with E-state index in [-0.39, 0.29) is 30.6 Å². The van der Waals surface area contributed by atoms with Gasteiger partial charge in [0.2, 0.25) is 5.91 Å².